The minimum absolute atomic E-state index is 0.155. The van der Waals surface area contributed by atoms with Crippen molar-refractivity contribution in [2.75, 3.05) is 11.9 Å². The van der Waals surface area contributed by atoms with Crippen LogP contribution in [0.1, 0.15) is 17.0 Å². The zero-order valence-electron chi connectivity index (χ0n) is 19.4. The number of rotatable bonds is 7. The second-order valence-corrected chi connectivity index (χ2v) is 8.79. The van der Waals surface area contributed by atoms with E-state index in [1.54, 1.807) is 30.9 Å². The van der Waals surface area contributed by atoms with Gasteiger partial charge in [-0.15, -0.1) is 0 Å². The van der Waals surface area contributed by atoms with Gasteiger partial charge in [0, 0.05) is 58.5 Å². The summed E-state index contributed by atoms with van der Waals surface area (Å²) in [6, 6.07) is 15.8. The van der Waals surface area contributed by atoms with Crippen molar-refractivity contribution in [2.24, 2.45) is 5.73 Å². The van der Waals surface area contributed by atoms with Crippen molar-refractivity contribution >= 4 is 34.1 Å². The molecule has 8 heteroatoms. The highest BCUT2D eigenvalue weighted by Crippen LogP contribution is 2.36. The van der Waals surface area contributed by atoms with E-state index in [0.29, 0.717) is 30.2 Å². The van der Waals surface area contributed by atoms with Crippen LogP contribution in [0.4, 0.5) is 5.69 Å². The van der Waals surface area contributed by atoms with E-state index in [1.165, 1.54) is 10.9 Å². The maximum atomic E-state index is 12.5. The molecule has 1 amide bonds. The third-order valence-electron chi connectivity index (χ3n) is 6.27. The Labute approximate surface area is 207 Å². The number of aromatic amines is 2. The van der Waals surface area contributed by atoms with Crippen LogP contribution < -0.4 is 15.8 Å². The standard InChI is InChI=1S/C28H24N6O2/c29-20(9-19-14-33-25-4-2-1-3-22(19)25)16-36-21-10-18(13-30-15-21)17-5-6-26-23(11-17)24(28(35)34-26)12-27-31-7-8-32-27/h1-8,10-15,20,33H,9,16,29H2,(H,31,32)(H,34,35)/t20-/m0/s1. The number of para-hydroxylation sites is 1. The van der Waals surface area contributed by atoms with Crippen LogP contribution in [-0.2, 0) is 11.2 Å². The van der Waals surface area contributed by atoms with Gasteiger partial charge in [0.25, 0.3) is 5.91 Å². The smallest absolute Gasteiger partial charge is 0.256 e. The molecule has 178 valence electrons. The largest absolute Gasteiger partial charge is 0.490 e. The molecule has 0 saturated carbocycles. The Balaban J connectivity index is 1.18. The van der Waals surface area contributed by atoms with Gasteiger partial charge in [0.2, 0.25) is 0 Å². The SMILES string of the molecule is N[C@H](COc1cncc(-c2ccc3c(c2)C(=Cc2ncc[nH]2)C(=O)N3)c1)Cc1c[nH]c2ccccc12. The first-order chi connectivity index (χ1) is 17.6. The lowest BCUT2D eigenvalue weighted by Crippen LogP contribution is -2.30. The second-order valence-electron chi connectivity index (χ2n) is 8.79. The molecule has 0 spiro atoms. The number of hydrogen-bond acceptors (Lipinski definition) is 5. The number of amides is 1. The summed E-state index contributed by atoms with van der Waals surface area (Å²) < 4.78 is 6.00. The number of H-pyrrole nitrogens is 2. The van der Waals surface area contributed by atoms with Gasteiger partial charge in [-0.2, -0.15) is 0 Å². The van der Waals surface area contributed by atoms with Gasteiger partial charge in [0.15, 0.2) is 0 Å². The minimum atomic E-state index is -0.167. The predicted octanol–water partition coefficient (Wildman–Crippen LogP) is 4.39. The number of carbonyl (C=O) groups is 1. The highest BCUT2D eigenvalue weighted by atomic mass is 16.5. The van der Waals surface area contributed by atoms with Crippen molar-refractivity contribution in [3.8, 4) is 16.9 Å². The van der Waals surface area contributed by atoms with Gasteiger partial charge >= 0.3 is 0 Å². The Morgan fingerprint density at radius 3 is 2.86 bits per heavy atom. The molecule has 0 radical (unpaired) electrons. The average molecular weight is 477 g/mol. The lowest BCUT2D eigenvalue weighted by Gasteiger charge is -2.13. The molecule has 0 fully saturated rings. The third kappa shape index (κ3) is 4.25. The number of pyridine rings is 1. The molecule has 1 aliphatic rings. The molecule has 8 nitrogen and oxygen atoms in total. The fourth-order valence-electron chi connectivity index (χ4n) is 4.50. The zero-order valence-corrected chi connectivity index (χ0v) is 19.4. The van der Waals surface area contributed by atoms with Crippen molar-refractivity contribution in [3.63, 3.8) is 0 Å². The molecule has 5 aromatic rings. The summed E-state index contributed by atoms with van der Waals surface area (Å²) in [6.45, 7) is 0.364. The van der Waals surface area contributed by atoms with Crippen molar-refractivity contribution in [1.29, 1.82) is 0 Å². The lowest BCUT2D eigenvalue weighted by atomic mass is 10.00. The molecule has 3 aromatic heterocycles. The van der Waals surface area contributed by atoms with Gasteiger partial charge in [-0.1, -0.05) is 24.3 Å². The first-order valence-electron chi connectivity index (χ1n) is 11.7. The molecule has 2 aromatic carbocycles. The molecular weight excluding hydrogens is 452 g/mol. The van der Waals surface area contributed by atoms with Gasteiger partial charge in [0.05, 0.1) is 11.8 Å². The van der Waals surface area contributed by atoms with E-state index in [-0.39, 0.29) is 11.9 Å². The number of ether oxygens (including phenoxy) is 1. The first-order valence-corrected chi connectivity index (χ1v) is 11.7. The number of hydrogen-bond donors (Lipinski definition) is 4. The van der Waals surface area contributed by atoms with E-state index >= 15 is 0 Å². The number of imidazole rings is 1. The molecule has 0 bridgehead atoms. The normalized spacial score (nSPS) is 14.7. The molecular formula is C28H24N6O2. The fourth-order valence-corrected chi connectivity index (χ4v) is 4.50. The predicted molar refractivity (Wildman–Crippen MR) is 140 cm³/mol. The summed E-state index contributed by atoms with van der Waals surface area (Å²) in [5, 5.41) is 4.09. The van der Waals surface area contributed by atoms with Crippen LogP contribution >= 0.6 is 0 Å². The number of aromatic nitrogens is 4. The molecule has 6 rings (SSSR count). The number of nitrogens with zero attached hydrogens (tertiary/aromatic N) is 2. The maximum Gasteiger partial charge on any atom is 0.256 e. The molecule has 1 atom stereocenters. The number of anilines is 1. The molecule has 5 N–H and O–H groups in total. The fraction of sp³-hybridized carbons (Fsp3) is 0.107. The Bertz CT molecular complexity index is 1580. The van der Waals surface area contributed by atoms with Crippen molar-refractivity contribution in [1.82, 2.24) is 19.9 Å². The summed E-state index contributed by atoms with van der Waals surface area (Å²) in [7, 11) is 0. The van der Waals surface area contributed by atoms with E-state index < -0.39 is 0 Å². The van der Waals surface area contributed by atoms with E-state index in [9.17, 15) is 4.79 Å². The van der Waals surface area contributed by atoms with E-state index in [4.69, 9.17) is 10.5 Å². The topological polar surface area (TPSA) is 122 Å². The monoisotopic (exact) mass is 476 g/mol. The Hall–Kier alpha value is -4.69. The number of benzene rings is 2. The number of nitrogens with one attached hydrogen (secondary N) is 3. The minimum Gasteiger partial charge on any atom is -0.490 e. The van der Waals surface area contributed by atoms with Crippen molar-refractivity contribution in [2.45, 2.75) is 12.5 Å². The van der Waals surface area contributed by atoms with Crippen molar-refractivity contribution in [3.05, 3.63) is 96.5 Å². The summed E-state index contributed by atoms with van der Waals surface area (Å²) in [6.07, 6.45) is 11.3. The van der Waals surface area contributed by atoms with Crippen LogP contribution in [0.2, 0.25) is 0 Å². The summed E-state index contributed by atoms with van der Waals surface area (Å²) in [5.41, 5.74) is 12.6. The van der Waals surface area contributed by atoms with E-state index in [0.717, 1.165) is 27.9 Å². The van der Waals surface area contributed by atoms with Gasteiger partial charge in [-0.3, -0.25) is 9.78 Å². The van der Waals surface area contributed by atoms with Crippen LogP contribution in [0.15, 0.2) is 79.5 Å². The van der Waals surface area contributed by atoms with Crippen LogP contribution in [0.25, 0.3) is 33.7 Å². The van der Waals surface area contributed by atoms with E-state index in [1.807, 2.05) is 42.6 Å². The Morgan fingerprint density at radius 1 is 1.06 bits per heavy atom. The molecule has 1 aliphatic heterocycles. The van der Waals surface area contributed by atoms with E-state index in [2.05, 4.69) is 37.4 Å². The Morgan fingerprint density at radius 2 is 1.97 bits per heavy atom. The van der Waals surface area contributed by atoms with Crippen LogP contribution in [0.3, 0.4) is 0 Å². The summed E-state index contributed by atoms with van der Waals surface area (Å²) in [5.74, 6) is 1.11. The first kappa shape index (κ1) is 21.8. The lowest BCUT2D eigenvalue weighted by molar-refractivity contribution is -0.110. The van der Waals surface area contributed by atoms with Crippen molar-refractivity contribution < 1.29 is 9.53 Å². The molecule has 0 aliphatic carbocycles. The summed E-state index contributed by atoms with van der Waals surface area (Å²) >= 11 is 0. The highest BCUT2D eigenvalue weighted by molar-refractivity contribution is 6.35. The van der Waals surface area contributed by atoms with Gasteiger partial charge < -0.3 is 25.8 Å². The number of carbonyl (C=O) groups excluding carboxylic acids is 1. The Kier molecular flexibility index (Phi) is 5.55. The van der Waals surface area contributed by atoms with Gasteiger partial charge in [0.1, 0.15) is 18.2 Å². The number of nitrogens with two attached hydrogens (primary N) is 1. The maximum absolute atomic E-state index is 12.5. The number of fused-ring (bicyclic) bond motifs is 2. The molecule has 0 unspecified atom stereocenters. The van der Waals surface area contributed by atoms with Gasteiger partial charge in [-0.05, 0) is 47.9 Å². The second kappa shape index (κ2) is 9.16. The van der Waals surface area contributed by atoms with Crippen LogP contribution in [0, 0.1) is 0 Å². The summed E-state index contributed by atoms with van der Waals surface area (Å²) in [4.78, 5) is 27.4. The van der Waals surface area contributed by atoms with Crippen LogP contribution in [0.5, 0.6) is 5.75 Å². The molecule has 4 heterocycles. The van der Waals surface area contributed by atoms with Gasteiger partial charge in [-0.25, -0.2) is 4.98 Å². The average Bonchev–Trinajstić information content (AvgIpc) is 3.63. The third-order valence-corrected chi connectivity index (χ3v) is 6.27. The highest BCUT2D eigenvalue weighted by Gasteiger charge is 2.25. The molecule has 0 saturated heterocycles. The zero-order chi connectivity index (χ0) is 24.5. The molecule has 36 heavy (non-hydrogen) atoms. The quantitative estimate of drug-likeness (QED) is 0.260. The van der Waals surface area contributed by atoms with Crippen LogP contribution in [-0.4, -0.2) is 38.5 Å².